The summed E-state index contributed by atoms with van der Waals surface area (Å²) in [5.41, 5.74) is 0.637. The number of carbonyl (C=O) groups is 1. The van der Waals surface area contributed by atoms with E-state index in [4.69, 9.17) is 9.15 Å². The lowest BCUT2D eigenvalue weighted by atomic mass is 9.99. The van der Waals surface area contributed by atoms with Crippen LogP contribution in [0, 0.1) is 5.92 Å². The van der Waals surface area contributed by atoms with Gasteiger partial charge >= 0.3 is 0 Å². The number of ether oxygens (including phenoxy) is 1. The predicted molar refractivity (Wildman–Crippen MR) is 107 cm³/mol. The lowest BCUT2D eigenvalue weighted by Crippen LogP contribution is -2.37. The van der Waals surface area contributed by atoms with Gasteiger partial charge in [0.1, 0.15) is 11.5 Å². The average molecular weight is 433 g/mol. The van der Waals surface area contributed by atoms with E-state index in [0.29, 0.717) is 29.9 Å². The van der Waals surface area contributed by atoms with Crippen molar-refractivity contribution in [1.82, 2.24) is 10.2 Å². The molecule has 1 saturated carbocycles. The highest BCUT2D eigenvalue weighted by Gasteiger charge is 2.26. The van der Waals surface area contributed by atoms with Gasteiger partial charge < -0.3 is 14.5 Å². The van der Waals surface area contributed by atoms with Crippen LogP contribution in [-0.2, 0) is 6.54 Å². The second kappa shape index (κ2) is 8.48. The molecule has 1 saturated heterocycles. The number of nitrogens with one attached hydrogen (secondary N) is 1. The molecule has 5 nitrogen and oxygen atoms in total. The van der Waals surface area contributed by atoms with E-state index in [2.05, 4.69) is 26.1 Å². The van der Waals surface area contributed by atoms with Crippen molar-refractivity contribution in [3.8, 4) is 5.75 Å². The summed E-state index contributed by atoms with van der Waals surface area (Å²) in [6.45, 7) is 3.51. The van der Waals surface area contributed by atoms with Crippen LogP contribution >= 0.6 is 15.9 Å². The highest BCUT2D eigenvalue weighted by atomic mass is 79.9. The second-order valence-electron chi connectivity index (χ2n) is 7.50. The first-order valence-corrected chi connectivity index (χ1v) is 10.5. The number of hydrogen-bond acceptors (Lipinski definition) is 4. The Labute approximate surface area is 168 Å². The van der Waals surface area contributed by atoms with Crippen molar-refractivity contribution < 1.29 is 13.9 Å². The number of rotatable bonds is 7. The lowest BCUT2D eigenvalue weighted by Gasteiger charge is -2.32. The molecule has 4 rings (SSSR count). The van der Waals surface area contributed by atoms with Crippen molar-refractivity contribution in [2.75, 3.05) is 19.7 Å². The minimum absolute atomic E-state index is 0.0261. The Morgan fingerprint density at radius 1 is 1.22 bits per heavy atom. The van der Waals surface area contributed by atoms with Gasteiger partial charge in [0, 0.05) is 18.5 Å². The monoisotopic (exact) mass is 432 g/mol. The van der Waals surface area contributed by atoms with Gasteiger partial charge in [-0.2, -0.15) is 0 Å². The number of likely N-dealkylation sites (tertiary alicyclic amines) is 1. The third kappa shape index (κ3) is 5.14. The van der Waals surface area contributed by atoms with Crippen LogP contribution < -0.4 is 10.1 Å². The summed E-state index contributed by atoms with van der Waals surface area (Å²) in [6.07, 6.45) is 4.46. The Morgan fingerprint density at radius 3 is 2.85 bits per heavy atom. The number of para-hydroxylation sites is 1. The number of halogens is 1. The molecule has 144 valence electrons. The Bertz CT molecular complexity index is 787. The molecular formula is C21H25BrN2O3. The molecular weight excluding hydrogens is 408 g/mol. The van der Waals surface area contributed by atoms with Gasteiger partial charge in [0.25, 0.3) is 5.91 Å². The molecule has 0 spiro atoms. The van der Waals surface area contributed by atoms with E-state index in [0.717, 1.165) is 55.7 Å². The highest BCUT2D eigenvalue weighted by Crippen LogP contribution is 2.25. The Hall–Kier alpha value is -1.79. The summed E-state index contributed by atoms with van der Waals surface area (Å²) < 4.78 is 12.5. The molecule has 1 aromatic heterocycles. The van der Waals surface area contributed by atoms with Crippen LogP contribution in [0.3, 0.4) is 0 Å². The fourth-order valence-corrected chi connectivity index (χ4v) is 3.91. The Kier molecular flexibility index (Phi) is 5.83. The summed E-state index contributed by atoms with van der Waals surface area (Å²) in [7, 11) is 0. The largest absolute Gasteiger partial charge is 0.492 e. The number of carbonyl (C=O) groups excluding carboxylic acids is 1. The molecule has 27 heavy (non-hydrogen) atoms. The van der Waals surface area contributed by atoms with E-state index in [1.165, 1.54) is 0 Å². The van der Waals surface area contributed by atoms with Gasteiger partial charge in [0.05, 0.1) is 18.7 Å². The van der Waals surface area contributed by atoms with Crippen LogP contribution in [-0.4, -0.2) is 36.5 Å². The maximum Gasteiger partial charge on any atom is 0.255 e. The second-order valence-corrected chi connectivity index (χ2v) is 8.29. The maximum absolute atomic E-state index is 12.4. The number of nitrogens with zero attached hydrogens (tertiary/aromatic N) is 1. The third-order valence-corrected chi connectivity index (χ3v) is 5.56. The summed E-state index contributed by atoms with van der Waals surface area (Å²) >= 11 is 3.36. The third-order valence-electron chi connectivity index (χ3n) is 5.13. The van der Waals surface area contributed by atoms with Crippen molar-refractivity contribution in [2.45, 2.75) is 38.3 Å². The van der Waals surface area contributed by atoms with E-state index >= 15 is 0 Å². The van der Waals surface area contributed by atoms with Gasteiger partial charge in [-0.25, -0.2) is 0 Å². The van der Waals surface area contributed by atoms with E-state index in [-0.39, 0.29) is 5.91 Å². The predicted octanol–water partition coefficient (Wildman–Crippen LogP) is 4.23. The summed E-state index contributed by atoms with van der Waals surface area (Å²) in [6, 6.07) is 11.8. The van der Waals surface area contributed by atoms with Crippen molar-refractivity contribution in [3.05, 3.63) is 52.4 Å². The standard InChI is InChI=1S/C21H25BrN2O3/c22-20-10-9-17(27-20)13-24-11-3-4-15(12-24)14-26-19-6-2-1-5-18(19)21(25)23-16-7-8-16/h1-2,5-6,9-10,15-16H,3-4,7-8,11-14H2,(H,23,25). The molecule has 6 heteroatoms. The molecule has 0 bridgehead atoms. The van der Waals surface area contributed by atoms with Gasteiger partial charge in [-0.15, -0.1) is 0 Å². The minimum Gasteiger partial charge on any atom is -0.492 e. The topological polar surface area (TPSA) is 54.7 Å². The van der Waals surface area contributed by atoms with Crippen molar-refractivity contribution in [3.63, 3.8) is 0 Å². The van der Waals surface area contributed by atoms with Crippen molar-refractivity contribution in [2.24, 2.45) is 5.92 Å². The molecule has 1 atom stereocenters. The van der Waals surface area contributed by atoms with E-state index in [1.54, 1.807) is 0 Å². The molecule has 1 N–H and O–H groups in total. The summed E-state index contributed by atoms with van der Waals surface area (Å²) in [4.78, 5) is 14.8. The smallest absolute Gasteiger partial charge is 0.255 e. The molecule has 1 aliphatic carbocycles. The van der Waals surface area contributed by atoms with Crippen LogP contribution in [0.15, 0.2) is 45.5 Å². The molecule has 0 radical (unpaired) electrons. The minimum atomic E-state index is -0.0261. The first kappa shape index (κ1) is 18.6. The average Bonchev–Trinajstić information content (AvgIpc) is 3.40. The quantitative estimate of drug-likeness (QED) is 0.711. The molecule has 2 fully saturated rings. The molecule has 1 aromatic carbocycles. The first-order chi connectivity index (χ1) is 13.2. The van der Waals surface area contributed by atoms with Crippen LogP contribution in [0.1, 0.15) is 41.8 Å². The van der Waals surface area contributed by atoms with Gasteiger partial charge in [0.2, 0.25) is 0 Å². The maximum atomic E-state index is 12.4. The lowest BCUT2D eigenvalue weighted by molar-refractivity contribution is 0.0939. The zero-order chi connectivity index (χ0) is 18.6. The molecule has 2 aliphatic rings. The zero-order valence-electron chi connectivity index (χ0n) is 15.3. The summed E-state index contributed by atoms with van der Waals surface area (Å²) in [5, 5.41) is 3.04. The van der Waals surface area contributed by atoms with Gasteiger partial charge in [-0.3, -0.25) is 9.69 Å². The van der Waals surface area contributed by atoms with Gasteiger partial charge in [-0.1, -0.05) is 12.1 Å². The molecule has 2 heterocycles. The van der Waals surface area contributed by atoms with Gasteiger partial charge in [0.15, 0.2) is 4.67 Å². The number of furan rings is 1. The molecule has 2 aromatic rings. The Balaban J connectivity index is 1.32. The molecule has 1 aliphatic heterocycles. The van der Waals surface area contributed by atoms with E-state index in [9.17, 15) is 4.79 Å². The van der Waals surface area contributed by atoms with Crippen molar-refractivity contribution >= 4 is 21.8 Å². The first-order valence-electron chi connectivity index (χ1n) is 9.66. The number of amides is 1. The molecule has 1 amide bonds. The normalized spacial score (nSPS) is 20.4. The van der Waals surface area contributed by atoms with E-state index < -0.39 is 0 Å². The highest BCUT2D eigenvalue weighted by molar-refractivity contribution is 9.10. The Morgan fingerprint density at radius 2 is 2.07 bits per heavy atom. The van der Waals surface area contributed by atoms with Crippen molar-refractivity contribution in [1.29, 1.82) is 0 Å². The fourth-order valence-electron chi connectivity index (χ4n) is 3.57. The SMILES string of the molecule is O=C(NC1CC1)c1ccccc1OCC1CCCN(Cc2ccc(Br)o2)C1. The summed E-state index contributed by atoms with van der Waals surface area (Å²) in [5.74, 6) is 2.09. The van der Waals surface area contributed by atoms with Crippen LogP contribution in [0.2, 0.25) is 0 Å². The number of benzene rings is 1. The fraction of sp³-hybridized carbons (Fsp3) is 0.476. The number of hydrogen-bond donors (Lipinski definition) is 1. The molecule has 1 unspecified atom stereocenters. The number of piperidine rings is 1. The van der Waals surface area contributed by atoms with Crippen LogP contribution in [0.4, 0.5) is 0 Å². The van der Waals surface area contributed by atoms with E-state index in [1.807, 2.05) is 36.4 Å². The van der Waals surface area contributed by atoms with Crippen LogP contribution in [0.5, 0.6) is 5.75 Å². The van der Waals surface area contributed by atoms with Gasteiger partial charge in [-0.05, 0) is 72.4 Å². The van der Waals surface area contributed by atoms with Crippen LogP contribution in [0.25, 0.3) is 0 Å². The zero-order valence-corrected chi connectivity index (χ0v) is 16.9.